The predicted molar refractivity (Wildman–Crippen MR) is 104 cm³/mol. The molecule has 1 unspecified atom stereocenters. The lowest BCUT2D eigenvalue weighted by molar-refractivity contribution is -0.131. The first kappa shape index (κ1) is 18.7. The third kappa shape index (κ3) is 3.30. The van der Waals surface area contributed by atoms with Gasteiger partial charge in [0.05, 0.1) is 17.3 Å². The van der Waals surface area contributed by atoms with Crippen molar-refractivity contribution in [2.45, 2.75) is 38.6 Å². The van der Waals surface area contributed by atoms with Gasteiger partial charge in [-0.15, -0.1) is 5.10 Å². The van der Waals surface area contributed by atoms with Gasteiger partial charge in [-0.25, -0.2) is 4.79 Å². The molecule has 0 saturated carbocycles. The number of aryl methyl sites for hydroxylation is 1. The third-order valence-corrected chi connectivity index (χ3v) is 6.04. The summed E-state index contributed by atoms with van der Waals surface area (Å²) in [4.78, 5) is 45.8. The maximum atomic E-state index is 12.8. The molecule has 4 amide bonds. The maximum absolute atomic E-state index is 12.8. The fourth-order valence-electron chi connectivity index (χ4n) is 3.83. The highest BCUT2D eigenvalue weighted by Crippen LogP contribution is 2.27. The molecule has 0 aromatic carbocycles. The molecule has 8 nitrogen and oxygen atoms in total. The summed E-state index contributed by atoms with van der Waals surface area (Å²) in [6, 6.07) is -0.735. The zero-order chi connectivity index (χ0) is 19.7. The van der Waals surface area contributed by atoms with Crippen molar-refractivity contribution in [1.29, 1.82) is 0 Å². The first-order valence-electron chi connectivity index (χ1n) is 9.51. The highest BCUT2D eigenvalue weighted by molar-refractivity contribution is 7.08. The Morgan fingerprint density at radius 1 is 1.25 bits per heavy atom. The van der Waals surface area contributed by atoms with E-state index >= 15 is 0 Å². The van der Waals surface area contributed by atoms with E-state index in [1.807, 2.05) is 6.92 Å². The second-order valence-corrected chi connectivity index (χ2v) is 7.83. The molecule has 0 spiro atoms. The highest BCUT2D eigenvalue weighted by atomic mass is 32.1. The third-order valence-electron chi connectivity index (χ3n) is 5.29. The van der Waals surface area contributed by atoms with Crippen molar-refractivity contribution in [2.75, 3.05) is 13.1 Å². The molecule has 3 aliphatic rings. The molecule has 9 heteroatoms. The molecule has 0 N–H and O–H groups in total. The fourth-order valence-corrected chi connectivity index (χ4v) is 4.51. The molecule has 1 aromatic heterocycles. The number of hydrogen-bond acceptors (Lipinski definition) is 6. The summed E-state index contributed by atoms with van der Waals surface area (Å²) in [5.74, 6) is -0.770. The number of likely N-dealkylation sites (tertiary alicyclic amines) is 1. The first-order chi connectivity index (χ1) is 13.6. The van der Waals surface area contributed by atoms with Gasteiger partial charge in [-0.05, 0) is 36.9 Å². The Bertz CT molecular complexity index is 895. The van der Waals surface area contributed by atoms with Crippen LogP contribution in [-0.4, -0.2) is 62.1 Å². The van der Waals surface area contributed by atoms with Crippen molar-refractivity contribution in [3.8, 4) is 0 Å². The molecule has 1 saturated heterocycles. The summed E-state index contributed by atoms with van der Waals surface area (Å²) in [5.41, 5.74) is 1.25. The molecular weight excluding hydrogens is 378 g/mol. The number of amides is 4. The van der Waals surface area contributed by atoms with Crippen LogP contribution in [0.25, 0.3) is 0 Å². The molecular formula is C19H21N5O3S. The maximum Gasteiger partial charge on any atom is 0.350 e. The van der Waals surface area contributed by atoms with Crippen molar-refractivity contribution in [3.63, 3.8) is 0 Å². The monoisotopic (exact) mass is 399 g/mol. The molecule has 1 atom stereocenters. The van der Waals surface area contributed by atoms with E-state index in [4.69, 9.17) is 0 Å². The van der Waals surface area contributed by atoms with Crippen LogP contribution in [0.15, 0.2) is 29.3 Å². The van der Waals surface area contributed by atoms with Gasteiger partial charge in [0, 0.05) is 19.1 Å². The smallest absolute Gasteiger partial charge is 0.338 e. The highest BCUT2D eigenvalue weighted by Gasteiger charge is 2.41. The Kier molecular flexibility index (Phi) is 5.17. The minimum absolute atomic E-state index is 0.0612. The largest absolute Gasteiger partial charge is 0.350 e. The van der Waals surface area contributed by atoms with Gasteiger partial charge in [0.25, 0.3) is 5.91 Å². The number of aliphatic imine (C=N–C) groups is 1. The predicted octanol–water partition coefficient (Wildman–Crippen LogP) is 2.24. The van der Waals surface area contributed by atoms with Gasteiger partial charge in [0.2, 0.25) is 5.91 Å². The number of fused-ring (bicyclic) bond motifs is 1. The molecule has 0 bridgehead atoms. The van der Waals surface area contributed by atoms with E-state index in [0.29, 0.717) is 36.5 Å². The SMILES string of the molecule is CCCc1nnsc1C(=O)N1CCC(N2C(=O)N=C3C=CC=CC3C2=O)CC1. The van der Waals surface area contributed by atoms with Crippen LogP contribution in [0.4, 0.5) is 4.79 Å². The number of imide groups is 1. The van der Waals surface area contributed by atoms with Crippen LogP contribution in [0, 0.1) is 5.92 Å². The zero-order valence-corrected chi connectivity index (χ0v) is 16.4. The van der Waals surface area contributed by atoms with Gasteiger partial charge in [-0.2, -0.15) is 4.99 Å². The topological polar surface area (TPSA) is 95.8 Å². The lowest BCUT2D eigenvalue weighted by Crippen LogP contribution is -2.54. The number of rotatable bonds is 4. The second-order valence-electron chi connectivity index (χ2n) is 7.07. The van der Waals surface area contributed by atoms with E-state index in [2.05, 4.69) is 14.6 Å². The zero-order valence-electron chi connectivity index (χ0n) is 15.6. The number of piperidine rings is 1. The molecule has 0 radical (unpaired) electrons. The van der Waals surface area contributed by atoms with Crippen LogP contribution in [0.1, 0.15) is 41.6 Å². The minimum Gasteiger partial charge on any atom is -0.338 e. The standard InChI is InChI=1S/C19H21N5O3S/c1-2-5-15-16(28-22-21-15)18(26)23-10-8-12(9-11-23)24-17(25)13-6-3-4-7-14(13)20-19(24)27/h3-4,6-7,12-13H,2,5,8-11H2,1H3. The summed E-state index contributed by atoms with van der Waals surface area (Å²) in [7, 11) is 0. The van der Waals surface area contributed by atoms with Crippen LogP contribution in [0.3, 0.4) is 0 Å². The van der Waals surface area contributed by atoms with E-state index < -0.39 is 11.9 Å². The van der Waals surface area contributed by atoms with Gasteiger partial charge < -0.3 is 4.90 Å². The molecule has 3 heterocycles. The molecule has 4 rings (SSSR count). The fraction of sp³-hybridized carbons (Fsp3) is 0.474. The average Bonchev–Trinajstić information content (AvgIpc) is 3.16. The minimum atomic E-state index is -0.502. The normalized spacial score (nSPS) is 22.5. The van der Waals surface area contributed by atoms with Gasteiger partial charge in [-0.1, -0.05) is 36.1 Å². The van der Waals surface area contributed by atoms with Crippen LogP contribution < -0.4 is 0 Å². The molecule has 1 fully saturated rings. The van der Waals surface area contributed by atoms with Crippen LogP contribution in [0.5, 0.6) is 0 Å². The number of carbonyl (C=O) groups excluding carboxylic acids is 3. The quantitative estimate of drug-likeness (QED) is 0.774. The first-order valence-corrected chi connectivity index (χ1v) is 10.3. The summed E-state index contributed by atoms with van der Waals surface area (Å²) in [6.45, 7) is 3.01. The lowest BCUT2D eigenvalue weighted by Gasteiger charge is -2.39. The lowest BCUT2D eigenvalue weighted by atomic mass is 9.93. The summed E-state index contributed by atoms with van der Waals surface area (Å²) < 4.78 is 3.92. The van der Waals surface area contributed by atoms with E-state index in [9.17, 15) is 14.4 Å². The van der Waals surface area contributed by atoms with Crippen molar-refractivity contribution in [2.24, 2.45) is 10.9 Å². The van der Waals surface area contributed by atoms with Crippen molar-refractivity contribution in [1.82, 2.24) is 19.4 Å². The van der Waals surface area contributed by atoms with Crippen LogP contribution in [-0.2, 0) is 11.2 Å². The van der Waals surface area contributed by atoms with Gasteiger partial charge in [0.1, 0.15) is 4.88 Å². The van der Waals surface area contributed by atoms with Crippen molar-refractivity contribution < 1.29 is 14.4 Å². The van der Waals surface area contributed by atoms with Crippen LogP contribution >= 0.6 is 11.5 Å². The van der Waals surface area contributed by atoms with E-state index in [-0.39, 0.29) is 17.9 Å². The number of aromatic nitrogens is 2. The van der Waals surface area contributed by atoms with E-state index in [1.54, 1.807) is 29.2 Å². The second kappa shape index (κ2) is 7.75. The van der Waals surface area contributed by atoms with Crippen molar-refractivity contribution in [3.05, 3.63) is 34.9 Å². The Morgan fingerprint density at radius 3 is 2.79 bits per heavy atom. The van der Waals surface area contributed by atoms with Crippen LogP contribution in [0.2, 0.25) is 0 Å². The molecule has 2 aliphatic heterocycles. The van der Waals surface area contributed by atoms with Crippen molar-refractivity contribution >= 4 is 35.1 Å². The van der Waals surface area contributed by atoms with Gasteiger partial charge >= 0.3 is 6.03 Å². The Hall–Kier alpha value is -2.68. The number of allylic oxidation sites excluding steroid dienone is 3. The Morgan fingerprint density at radius 2 is 2.04 bits per heavy atom. The van der Waals surface area contributed by atoms with Gasteiger partial charge in [0.15, 0.2) is 0 Å². The van der Waals surface area contributed by atoms with Gasteiger partial charge in [-0.3, -0.25) is 14.5 Å². The molecule has 146 valence electrons. The summed E-state index contributed by atoms with van der Waals surface area (Å²) >= 11 is 1.13. The average molecular weight is 399 g/mol. The number of carbonyl (C=O) groups is 3. The Balaban J connectivity index is 1.43. The number of hydrogen-bond donors (Lipinski definition) is 0. The Labute approximate surface area is 166 Å². The summed E-state index contributed by atoms with van der Waals surface area (Å²) in [5, 5.41) is 4.07. The number of urea groups is 1. The number of nitrogens with zero attached hydrogens (tertiary/aromatic N) is 5. The summed E-state index contributed by atoms with van der Waals surface area (Å²) in [6.07, 6.45) is 9.78. The van der Waals surface area contributed by atoms with E-state index in [1.165, 1.54) is 4.90 Å². The molecule has 1 aromatic rings. The van der Waals surface area contributed by atoms with E-state index in [0.717, 1.165) is 30.1 Å². The molecule has 1 aliphatic carbocycles. The molecule has 28 heavy (non-hydrogen) atoms.